The van der Waals surface area contributed by atoms with Crippen LogP contribution < -0.4 is 5.73 Å². The maximum Gasteiger partial charge on any atom is 0.222 e. The second kappa shape index (κ2) is 9.51. The van der Waals surface area contributed by atoms with Crippen molar-refractivity contribution in [3.05, 3.63) is 65.5 Å². The first-order valence-corrected chi connectivity index (χ1v) is 8.95. The molecule has 1 atom stereocenters. The molecule has 1 heterocycles. The summed E-state index contributed by atoms with van der Waals surface area (Å²) in [5.74, 6) is -0.554. The summed E-state index contributed by atoms with van der Waals surface area (Å²) in [4.78, 5) is 27.0. The number of benzene rings is 2. The Morgan fingerprint density at radius 1 is 1.11 bits per heavy atom. The average molecular weight is 391 g/mol. The van der Waals surface area contributed by atoms with Crippen LogP contribution in [0, 0.1) is 11.7 Å². The van der Waals surface area contributed by atoms with Crippen molar-refractivity contribution < 1.29 is 14.0 Å². The van der Waals surface area contributed by atoms with Gasteiger partial charge in [0, 0.05) is 36.7 Å². The van der Waals surface area contributed by atoms with Crippen LogP contribution in [0.15, 0.2) is 48.5 Å². The minimum Gasteiger partial charge on any atom is -0.399 e. The van der Waals surface area contributed by atoms with Crippen molar-refractivity contribution in [1.29, 1.82) is 0 Å². The molecule has 144 valence electrons. The van der Waals surface area contributed by atoms with Crippen molar-refractivity contribution in [1.82, 2.24) is 4.90 Å². The topological polar surface area (TPSA) is 63.4 Å². The summed E-state index contributed by atoms with van der Waals surface area (Å²) >= 11 is 0. The summed E-state index contributed by atoms with van der Waals surface area (Å²) in [6, 6.07) is 13.2. The molecule has 2 aromatic carbocycles. The Labute approximate surface area is 165 Å². The Morgan fingerprint density at radius 3 is 2.52 bits per heavy atom. The van der Waals surface area contributed by atoms with Gasteiger partial charge in [-0.3, -0.25) is 9.59 Å². The van der Waals surface area contributed by atoms with Crippen LogP contribution in [0.25, 0.3) is 0 Å². The third-order valence-electron chi connectivity index (χ3n) is 4.94. The number of aryl methyl sites for hydroxylation is 1. The summed E-state index contributed by atoms with van der Waals surface area (Å²) in [7, 11) is 0. The van der Waals surface area contributed by atoms with Gasteiger partial charge < -0.3 is 10.6 Å². The lowest BCUT2D eigenvalue weighted by Gasteiger charge is -2.32. The zero-order valence-electron chi connectivity index (χ0n) is 15.1. The number of para-hydroxylation sites is 1. The van der Waals surface area contributed by atoms with E-state index < -0.39 is 0 Å². The molecule has 0 spiro atoms. The highest BCUT2D eigenvalue weighted by Gasteiger charge is 2.28. The van der Waals surface area contributed by atoms with Gasteiger partial charge in [-0.15, -0.1) is 12.4 Å². The molecule has 0 radical (unpaired) electrons. The summed E-state index contributed by atoms with van der Waals surface area (Å²) in [5.41, 5.74) is 8.10. The zero-order chi connectivity index (χ0) is 18.5. The largest absolute Gasteiger partial charge is 0.399 e. The first-order chi connectivity index (χ1) is 12.5. The molecule has 2 N–H and O–H groups in total. The monoisotopic (exact) mass is 390 g/mol. The smallest absolute Gasteiger partial charge is 0.222 e. The molecule has 1 aliphatic rings. The van der Waals surface area contributed by atoms with Gasteiger partial charge in [0.05, 0.1) is 0 Å². The van der Waals surface area contributed by atoms with Gasteiger partial charge in [-0.25, -0.2) is 4.39 Å². The van der Waals surface area contributed by atoms with Crippen LogP contribution in [-0.4, -0.2) is 29.7 Å². The van der Waals surface area contributed by atoms with E-state index in [1.54, 1.807) is 4.90 Å². The van der Waals surface area contributed by atoms with Crippen molar-refractivity contribution in [3.63, 3.8) is 0 Å². The Bertz CT molecular complexity index is 795. The van der Waals surface area contributed by atoms with E-state index in [9.17, 15) is 14.0 Å². The maximum absolute atomic E-state index is 13.0. The van der Waals surface area contributed by atoms with Gasteiger partial charge >= 0.3 is 0 Å². The lowest BCUT2D eigenvalue weighted by Crippen LogP contribution is -2.42. The quantitative estimate of drug-likeness (QED) is 0.622. The first-order valence-electron chi connectivity index (χ1n) is 8.95. The van der Waals surface area contributed by atoms with Crippen LogP contribution >= 0.6 is 12.4 Å². The molecule has 6 heteroatoms. The van der Waals surface area contributed by atoms with Crippen LogP contribution in [0.4, 0.5) is 10.1 Å². The summed E-state index contributed by atoms with van der Waals surface area (Å²) in [6.45, 7) is 1.11. The molecule has 27 heavy (non-hydrogen) atoms. The van der Waals surface area contributed by atoms with Crippen molar-refractivity contribution in [3.8, 4) is 0 Å². The SMILES string of the molecule is Cl.Nc1ccccc1CCC(=O)N1CCCC(C(=O)c2ccc(F)cc2)C1. The van der Waals surface area contributed by atoms with E-state index in [1.807, 2.05) is 24.3 Å². The number of carbonyl (C=O) groups excluding carboxylic acids is 2. The third-order valence-corrected chi connectivity index (χ3v) is 4.94. The van der Waals surface area contributed by atoms with E-state index in [0.717, 1.165) is 18.4 Å². The number of likely N-dealkylation sites (tertiary alicyclic amines) is 1. The minimum absolute atomic E-state index is 0. The molecule has 3 rings (SSSR count). The van der Waals surface area contributed by atoms with Gasteiger partial charge in [-0.05, 0) is 55.2 Å². The predicted molar refractivity (Wildman–Crippen MR) is 106 cm³/mol. The molecule has 1 aliphatic heterocycles. The second-order valence-corrected chi connectivity index (χ2v) is 6.75. The second-order valence-electron chi connectivity index (χ2n) is 6.75. The van der Waals surface area contributed by atoms with E-state index >= 15 is 0 Å². The number of amides is 1. The zero-order valence-corrected chi connectivity index (χ0v) is 15.9. The third kappa shape index (κ3) is 5.30. The van der Waals surface area contributed by atoms with E-state index in [2.05, 4.69) is 0 Å². The van der Waals surface area contributed by atoms with Gasteiger partial charge in [0.1, 0.15) is 5.82 Å². The Hall–Kier alpha value is -2.40. The van der Waals surface area contributed by atoms with Gasteiger partial charge in [0.2, 0.25) is 5.91 Å². The van der Waals surface area contributed by atoms with E-state index in [-0.39, 0.29) is 35.8 Å². The molecule has 0 bridgehead atoms. The fourth-order valence-corrected chi connectivity index (χ4v) is 3.43. The molecule has 1 saturated heterocycles. The summed E-state index contributed by atoms with van der Waals surface area (Å²) in [6.07, 6.45) is 2.53. The number of hydrogen-bond donors (Lipinski definition) is 1. The molecular formula is C21H24ClFN2O2. The van der Waals surface area contributed by atoms with E-state index in [4.69, 9.17) is 5.73 Å². The number of ketones is 1. The number of piperidine rings is 1. The number of carbonyl (C=O) groups is 2. The van der Waals surface area contributed by atoms with Gasteiger partial charge in [-0.2, -0.15) is 0 Å². The molecule has 4 nitrogen and oxygen atoms in total. The van der Waals surface area contributed by atoms with Crippen molar-refractivity contribution in [2.75, 3.05) is 18.8 Å². The molecular weight excluding hydrogens is 367 g/mol. The molecule has 0 aromatic heterocycles. The summed E-state index contributed by atoms with van der Waals surface area (Å²) < 4.78 is 13.0. The molecule has 0 saturated carbocycles. The van der Waals surface area contributed by atoms with Crippen molar-refractivity contribution >= 4 is 29.8 Å². The highest BCUT2D eigenvalue weighted by atomic mass is 35.5. The van der Waals surface area contributed by atoms with Crippen molar-refractivity contribution in [2.45, 2.75) is 25.7 Å². The lowest BCUT2D eigenvalue weighted by molar-refractivity contribution is -0.132. The number of nitrogens with two attached hydrogens (primary N) is 1. The summed E-state index contributed by atoms with van der Waals surface area (Å²) in [5, 5.41) is 0. The van der Waals surface area contributed by atoms with Crippen LogP contribution in [0.3, 0.4) is 0 Å². The number of hydrogen-bond acceptors (Lipinski definition) is 3. The number of nitrogens with zero attached hydrogens (tertiary/aromatic N) is 1. The van der Waals surface area contributed by atoms with Crippen LogP contribution in [0.1, 0.15) is 35.2 Å². The van der Waals surface area contributed by atoms with Gasteiger partial charge in [0.15, 0.2) is 5.78 Å². The number of halogens is 2. The molecule has 0 aliphatic carbocycles. The number of nitrogen functional groups attached to an aromatic ring is 1. The molecule has 1 fully saturated rings. The van der Waals surface area contributed by atoms with Crippen LogP contribution in [0.5, 0.6) is 0 Å². The Morgan fingerprint density at radius 2 is 1.81 bits per heavy atom. The van der Waals surface area contributed by atoms with Crippen LogP contribution in [-0.2, 0) is 11.2 Å². The van der Waals surface area contributed by atoms with E-state index in [0.29, 0.717) is 37.2 Å². The standard InChI is InChI=1S/C21H23FN2O2.ClH/c22-18-10-7-16(8-11-18)21(26)17-5-3-13-24(14-17)20(25)12-9-15-4-1-2-6-19(15)23;/h1-2,4,6-8,10-11,17H,3,5,9,12-14,23H2;1H. The number of Topliss-reactive ketones (excluding diaryl/α,β-unsaturated/α-hetero) is 1. The van der Waals surface area contributed by atoms with E-state index in [1.165, 1.54) is 24.3 Å². The fraction of sp³-hybridized carbons (Fsp3) is 0.333. The Kier molecular flexibility index (Phi) is 7.36. The van der Waals surface area contributed by atoms with Crippen molar-refractivity contribution in [2.24, 2.45) is 5.92 Å². The highest BCUT2D eigenvalue weighted by Crippen LogP contribution is 2.22. The number of anilines is 1. The average Bonchev–Trinajstić information content (AvgIpc) is 2.67. The first kappa shape index (κ1) is 20.9. The van der Waals surface area contributed by atoms with Crippen LogP contribution in [0.2, 0.25) is 0 Å². The predicted octanol–water partition coefficient (Wildman–Crippen LogP) is 3.88. The highest BCUT2D eigenvalue weighted by molar-refractivity contribution is 5.98. The fourth-order valence-electron chi connectivity index (χ4n) is 3.43. The lowest BCUT2D eigenvalue weighted by atomic mass is 9.89. The minimum atomic E-state index is -0.359. The molecule has 1 amide bonds. The molecule has 1 unspecified atom stereocenters. The van der Waals surface area contributed by atoms with Gasteiger partial charge in [0.25, 0.3) is 0 Å². The Balaban J connectivity index is 0.00000261. The number of rotatable bonds is 5. The maximum atomic E-state index is 13.0. The molecule has 2 aromatic rings. The normalized spacial score (nSPS) is 16.5. The van der Waals surface area contributed by atoms with Gasteiger partial charge in [-0.1, -0.05) is 18.2 Å².